The van der Waals surface area contributed by atoms with E-state index in [1.807, 2.05) is 0 Å². The van der Waals surface area contributed by atoms with E-state index in [4.69, 9.17) is 0 Å². The van der Waals surface area contributed by atoms with Gasteiger partial charge < -0.3 is 10.1 Å². The Balaban J connectivity index is 1.69. The lowest BCUT2D eigenvalue weighted by Crippen LogP contribution is -2.32. The number of alkyl halides is 3. The molecule has 7 nitrogen and oxygen atoms in total. The minimum absolute atomic E-state index is 0.101. The number of rotatable bonds is 6. The number of nitrogens with zero attached hydrogens (tertiary/aromatic N) is 4. The van der Waals surface area contributed by atoms with Crippen LogP contribution in [0.2, 0.25) is 0 Å². The summed E-state index contributed by atoms with van der Waals surface area (Å²) in [5.41, 5.74) is 0.455. The molecule has 0 spiro atoms. The van der Waals surface area contributed by atoms with E-state index in [-0.39, 0.29) is 17.7 Å². The molecule has 0 bridgehead atoms. The van der Waals surface area contributed by atoms with Gasteiger partial charge in [0.2, 0.25) is 11.1 Å². The lowest BCUT2D eigenvalue weighted by Gasteiger charge is -2.12. The Hall–Kier alpha value is -2.30. The van der Waals surface area contributed by atoms with Gasteiger partial charge in [0.05, 0.1) is 10.9 Å². The van der Waals surface area contributed by atoms with Gasteiger partial charge in [-0.1, -0.05) is 11.8 Å². The van der Waals surface area contributed by atoms with Gasteiger partial charge in [-0.05, 0) is 54.5 Å². The van der Waals surface area contributed by atoms with Crippen molar-refractivity contribution in [1.82, 2.24) is 25.5 Å². The van der Waals surface area contributed by atoms with Crippen molar-refractivity contribution in [1.29, 1.82) is 0 Å². The monoisotopic (exact) mass is 373 g/mol. The lowest BCUT2D eigenvalue weighted by molar-refractivity contribution is -0.274. The quantitative estimate of drug-likeness (QED) is 0.783. The Morgan fingerprint density at radius 3 is 2.64 bits per heavy atom. The average Bonchev–Trinajstić information content (AvgIpc) is 3.23. The van der Waals surface area contributed by atoms with Gasteiger partial charge in [0.1, 0.15) is 5.75 Å². The predicted octanol–water partition coefficient (Wildman–Crippen LogP) is 2.32. The molecule has 1 saturated carbocycles. The topological polar surface area (TPSA) is 81.9 Å². The summed E-state index contributed by atoms with van der Waals surface area (Å²) in [6, 6.07) is 5.39. The standard InChI is InChI=1S/C14H14F3N5O2S/c1-8(12(23)18-9-2-3-9)25-13-19-20-21-22(13)10-4-6-11(7-5-10)24-14(15,16)17/h4-9H,2-3H2,1H3,(H,18,23)/t8-/m0/s1. The molecule has 1 amide bonds. The van der Waals surface area contributed by atoms with Crippen LogP contribution in [-0.2, 0) is 4.79 Å². The number of aromatic nitrogens is 4. The minimum atomic E-state index is -4.75. The van der Waals surface area contributed by atoms with E-state index in [0.717, 1.165) is 12.8 Å². The van der Waals surface area contributed by atoms with Gasteiger partial charge in [-0.2, -0.15) is 4.68 Å². The molecule has 0 unspecified atom stereocenters. The second-order valence-electron chi connectivity index (χ2n) is 5.46. The summed E-state index contributed by atoms with van der Waals surface area (Å²) in [5.74, 6) is -0.438. The van der Waals surface area contributed by atoms with Crippen LogP contribution in [0.3, 0.4) is 0 Å². The molecule has 1 N–H and O–H groups in total. The third-order valence-corrected chi connectivity index (χ3v) is 4.36. The molecule has 25 heavy (non-hydrogen) atoms. The van der Waals surface area contributed by atoms with Crippen molar-refractivity contribution in [2.45, 2.75) is 42.6 Å². The maximum absolute atomic E-state index is 12.2. The first-order valence-corrected chi connectivity index (χ1v) is 8.31. The molecule has 1 heterocycles. The highest BCUT2D eigenvalue weighted by Gasteiger charge is 2.31. The second kappa shape index (κ2) is 6.90. The van der Waals surface area contributed by atoms with E-state index in [2.05, 4.69) is 25.6 Å². The lowest BCUT2D eigenvalue weighted by atomic mass is 10.3. The van der Waals surface area contributed by atoms with Crippen LogP contribution in [-0.4, -0.2) is 43.8 Å². The molecular formula is C14H14F3N5O2S. The minimum Gasteiger partial charge on any atom is -0.406 e. The highest BCUT2D eigenvalue weighted by molar-refractivity contribution is 8.00. The fraction of sp³-hybridized carbons (Fsp3) is 0.429. The van der Waals surface area contributed by atoms with E-state index in [1.165, 1.54) is 40.7 Å². The normalized spacial score (nSPS) is 15.7. The Kier molecular flexibility index (Phi) is 4.84. The first-order chi connectivity index (χ1) is 11.8. The molecule has 2 aromatic rings. The Labute approximate surface area is 144 Å². The summed E-state index contributed by atoms with van der Waals surface area (Å²) >= 11 is 1.17. The molecule has 1 aliphatic carbocycles. The number of benzene rings is 1. The van der Waals surface area contributed by atoms with Gasteiger partial charge in [0.25, 0.3) is 0 Å². The number of carbonyl (C=O) groups excluding carboxylic acids is 1. The fourth-order valence-corrected chi connectivity index (χ4v) is 2.78. The summed E-state index contributed by atoms with van der Waals surface area (Å²) in [4.78, 5) is 12.0. The highest BCUT2D eigenvalue weighted by atomic mass is 32.2. The number of carbonyl (C=O) groups is 1. The van der Waals surface area contributed by atoms with Crippen LogP contribution in [0.4, 0.5) is 13.2 Å². The molecule has 1 aromatic carbocycles. The number of tetrazole rings is 1. The van der Waals surface area contributed by atoms with E-state index >= 15 is 0 Å². The number of amides is 1. The van der Waals surface area contributed by atoms with E-state index < -0.39 is 11.6 Å². The summed E-state index contributed by atoms with van der Waals surface area (Å²) in [6.45, 7) is 1.74. The van der Waals surface area contributed by atoms with Crippen molar-refractivity contribution in [2.24, 2.45) is 0 Å². The van der Waals surface area contributed by atoms with Crippen LogP contribution in [0.1, 0.15) is 19.8 Å². The van der Waals surface area contributed by atoms with Crippen molar-refractivity contribution in [3.05, 3.63) is 24.3 Å². The summed E-state index contributed by atoms with van der Waals surface area (Å²) in [5, 5.41) is 14.1. The third kappa shape index (κ3) is 4.84. The number of ether oxygens (including phenoxy) is 1. The second-order valence-corrected chi connectivity index (χ2v) is 6.77. The summed E-state index contributed by atoms with van der Waals surface area (Å²) in [6.07, 6.45) is -2.76. The highest BCUT2D eigenvalue weighted by Crippen LogP contribution is 2.27. The van der Waals surface area contributed by atoms with Crippen LogP contribution in [0.5, 0.6) is 5.75 Å². The summed E-state index contributed by atoms with van der Waals surface area (Å²) in [7, 11) is 0. The Morgan fingerprint density at radius 2 is 2.04 bits per heavy atom. The van der Waals surface area contributed by atoms with Crippen molar-refractivity contribution >= 4 is 17.7 Å². The van der Waals surface area contributed by atoms with Gasteiger partial charge in [-0.3, -0.25) is 4.79 Å². The molecule has 0 aliphatic heterocycles. The van der Waals surface area contributed by atoms with Crippen molar-refractivity contribution in [3.63, 3.8) is 0 Å². The smallest absolute Gasteiger partial charge is 0.406 e. The Morgan fingerprint density at radius 1 is 1.36 bits per heavy atom. The maximum Gasteiger partial charge on any atom is 0.573 e. The molecule has 134 valence electrons. The number of halogens is 3. The van der Waals surface area contributed by atoms with Gasteiger partial charge >= 0.3 is 6.36 Å². The molecule has 1 fully saturated rings. The molecule has 1 atom stereocenters. The van der Waals surface area contributed by atoms with Gasteiger partial charge in [0.15, 0.2) is 0 Å². The van der Waals surface area contributed by atoms with Gasteiger partial charge in [0, 0.05) is 6.04 Å². The molecule has 0 saturated heterocycles. The molecule has 1 aromatic heterocycles. The molecule has 11 heteroatoms. The van der Waals surface area contributed by atoms with Crippen LogP contribution < -0.4 is 10.1 Å². The SMILES string of the molecule is C[C@H](Sc1nnnn1-c1ccc(OC(F)(F)F)cc1)C(=O)NC1CC1. The van der Waals surface area contributed by atoms with Crippen LogP contribution in [0.15, 0.2) is 29.4 Å². The summed E-state index contributed by atoms with van der Waals surface area (Å²) < 4.78 is 41.8. The zero-order chi connectivity index (χ0) is 18.0. The zero-order valence-electron chi connectivity index (χ0n) is 13.0. The van der Waals surface area contributed by atoms with Crippen molar-refractivity contribution in [3.8, 4) is 11.4 Å². The molecule has 3 rings (SSSR count). The van der Waals surface area contributed by atoms with Crippen LogP contribution in [0, 0.1) is 0 Å². The van der Waals surface area contributed by atoms with Crippen LogP contribution >= 0.6 is 11.8 Å². The molecule has 0 radical (unpaired) electrons. The average molecular weight is 373 g/mol. The fourth-order valence-electron chi connectivity index (χ4n) is 1.96. The first-order valence-electron chi connectivity index (χ1n) is 7.43. The third-order valence-electron chi connectivity index (χ3n) is 3.33. The largest absolute Gasteiger partial charge is 0.573 e. The van der Waals surface area contributed by atoms with Crippen molar-refractivity contribution in [2.75, 3.05) is 0 Å². The molecular weight excluding hydrogens is 359 g/mol. The predicted molar refractivity (Wildman–Crippen MR) is 82.3 cm³/mol. The van der Waals surface area contributed by atoms with E-state index in [0.29, 0.717) is 10.8 Å². The number of nitrogens with one attached hydrogen (secondary N) is 1. The van der Waals surface area contributed by atoms with E-state index in [9.17, 15) is 18.0 Å². The van der Waals surface area contributed by atoms with Crippen molar-refractivity contribution < 1.29 is 22.7 Å². The zero-order valence-corrected chi connectivity index (χ0v) is 13.8. The molecule has 1 aliphatic rings. The maximum atomic E-state index is 12.2. The number of hydrogen-bond donors (Lipinski definition) is 1. The van der Waals surface area contributed by atoms with E-state index in [1.54, 1.807) is 6.92 Å². The Bertz CT molecular complexity index is 746. The first kappa shape index (κ1) is 17.5. The number of thioether (sulfide) groups is 1. The van der Waals surface area contributed by atoms with Crippen LogP contribution in [0.25, 0.3) is 5.69 Å². The number of hydrogen-bond acceptors (Lipinski definition) is 6. The van der Waals surface area contributed by atoms with Gasteiger partial charge in [-0.25, -0.2) is 0 Å². The van der Waals surface area contributed by atoms with Gasteiger partial charge in [-0.15, -0.1) is 18.3 Å².